The summed E-state index contributed by atoms with van der Waals surface area (Å²) in [5, 5.41) is 2.08. The largest absolute Gasteiger partial charge is 0.294 e. The first kappa shape index (κ1) is 8.60. The number of carbonyl (C=O) groups excluding carboxylic acids is 1. The quantitative estimate of drug-likeness (QED) is 0.693. The van der Waals surface area contributed by atoms with Gasteiger partial charge in [0.1, 0.15) is 0 Å². The first-order valence-corrected chi connectivity index (χ1v) is 5.23. The topological polar surface area (TPSA) is 30.0 Å². The number of carbonyl (C=O) groups is 1. The summed E-state index contributed by atoms with van der Waals surface area (Å²) in [5.74, 6) is 0.525. The fraction of sp³-hybridized carbons (Fsp3) is 0.231. The Hall–Kier alpha value is -1.70. The highest BCUT2D eigenvalue weighted by Gasteiger charge is 2.31. The van der Waals surface area contributed by atoms with Crippen LogP contribution in [0.2, 0.25) is 0 Å². The van der Waals surface area contributed by atoms with Gasteiger partial charge in [0.25, 0.3) is 0 Å². The number of benzene rings is 1. The number of nitrogens with zero attached hydrogens (tertiary/aromatic N) is 1. The Morgan fingerprint density at radius 2 is 2.00 bits per heavy atom. The maximum Gasteiger partial charge on any atom is 0.168 e. The maximum atomic E-state index is 12.0. The average molecular weight is 197 g/mol. The molecule has 1 saturated carbocycles. The lowest BCUT2D eigenvalue weighted by atomic mass is 10.0. The van der Waals surface area contributed by atoms with E-state index in [4.69, 9.17) is 0 Å². The first-order valence-electron chi connectivity index (χ1n) is 5.23. The van der Waals surface area contributed by atoms with E-state index >= 15 is 0 Å². The molecule has 2 heteroatoms. The van der Waals surface area contributed by atoms with Gasteiger partial charge in [-0.05, 0) is 18.2 Å². The highest BCUT2D eigenvalue weighted by Crippen LogP contribution is 2.34. The van der Waals surface area contributed by atoms with Crippen LogP contribution in [0.3, 0.4) is 0 Å². The van der Waals surface area contributed by atoms with Gasteiger partial charge in [0, 0.05) is 29.3 Å². The van der Waals surface area contributed by atoms with Crippen molar-refractivity contribution in [1.82, 2.24) is 4.98 Å². The van der Waals surface area contributed by atoms with Crippen molar-refractivity contribution in [3.05, 3.63) is 42.2 Å². The van der Waals surface area contributed by atoms with Crippen molar-refractivity contribution >= 4 is 16.6 Å². The molecule has 0 amide bonds. The van der Waals surface area contributed by atoms with Gasteiger partial charge in [0.05, 0.1) is 0 Å². The zero-order chi connectivity index (χ0) is 10.3. The van der Waals surface area contributed by atoms with Crippen LogP contribution in [0.4, 0.5) is 0 Å². The molecule has 74 valence electrons. The van der Waals surface area contributed by atoms with Crippen LogP contribution in [0.15, 0.2) is 36.7 Å². The zero-order valence-corrected chi connectivity index (χ0v) is 8.31. The molecule has 1 aliphatic rings. The summed E-state index contributed by atoms with van der Waals surface area (Å²) in [7, 11) is 0. The molecular formula is C13H11NO. The molecule has 0 unspecified atom stereocenters. The molecule has 0 N–H and O–H groups in total. The van der Waals surface area contributed by atoms with Gasteiger partial charge in [0.2, 0.25) is 0 Å². The Kier molecular flexibility index (Phi) is 1.81. The molecule has 0 atom stereocenters. The number of rotatable bonds is 2. The summed E-state index contributed by atoms with van der Waals surface area (Å²) in [6.45, 7) is 0. The first-order chi connectivity index (χ1) is 7.36. The Morgan fingerprint density at radius 3 is 2.80 bits per heavy atom. The van der Waals surface area contributed by atoms with E-state index in [2.05, 4.69) is 4.98 Å². The molecular weight excluding hydrogens is 186 g/mol. The minimum atomic E-state index is 0.262. The van der Waals surface area contributed by atoms with E-state index in [1.807, 2.05) is 24.3 Å². The number of hydrogen-bond donors (Lipinski definition) is 0. The molecule has 2 nitrogen and oxygen atoms in total. The molecule has 2 aromatic rings. The Balaban J connectivity index is 2.20. The average Bonchev–Trinajstić information content (AvgIpc) is 3.11. The zero-order valence-electron chi connectivity index (χ0n) is 8.31. The van der Waals surface area contributed by atoms with E-state index in [-0.39, 0.29) is 11.7 Å². The second kappa shape index (κ2) is 3.16. The smallest absolute Gasteiger partial charge is 0.168 e. The van der Waals surface area contributed by atoms with Crippen LogP contribution in [-0.2, 0) is 0 Å². The summed E-state index contributed by atoms with van der Waals surface area (Å²) in [6.07, 6.45) is 5.59. The summed E-state index contributed by atoms with van der Waals surface area (Å²) in [5.41, 5.74) is 0.788. The molecule has 0 aliphatic heterocycles. The van der Waals surface area contributed by atoms with Crippen LogP contribution >= 0.6 is 0 Å². The van der Waals surface area contributed by atoms with Crippen molar-refractivity contribution < 1.29 is 4.79 Å². The van der Waals surface area contributed by atoms with Crippen LogP contribution in [0.25, 0.3) is 10.8 Å². The predicted molar refractivity (Wildman–Crippen MR) is 58.8 cm³/mol. The summed E-state index contributed by atoms with van der Waals surface area (Å²) in [6, 6.07) is 7.92. The van der Waals surface area contributed by atoms with E-state index in [0.29, 0.717) is 0 Å². The van der Waals surface area contributed by atoms with Crippen LogP contribution in [0.5, 0.6) is 0 Å². The predicted octanol–water partition coefficient (Wildman–Crippen LogP) is 2.83. The van der Waals surface area contributed by atoms with Gasteiger partial charge in [-0.25, -0.2) is 0 Å². The molecule has 1 fully saturated rings. The van der Waals surface area contributed by atoms with Gasteiger partial charge in [-0.15, -0.1) is 0 Å². The Labute approximate surface area is 87.9 Å². The third kappa shape index (κ3) is 1.42. The van der Waals surface area contributed by atoms with Gasteiger partial charge in [-0.2, -0.15) is 0 Å². The number of hydrogen-bond acceptors (Lipinski definition) is 2. The normalized spacial score (nSPS) is 15.5. The number of fused-ring (bicyclic) bond motifs is 1. The molecule has 1 aromatic heterocycles. The highest BCUT2D eigenvalue weighted by atomic mass is 16.1. The third-order valence-corrected chi connectivity index (χ3v) is 2.88. The molecule has 0 spiro atoms. The maximum absolute atomic E-state index is 12.0. The van der Waals surface area contributed by atoms with Gasteiger partial charge in [-0.1, -0.05) is 24.3 Å². The van der Waals surface area contributed by atoms with Crippen LogP contribution < -0.4 is 0 Å². The molecule has 0 bridgehead atoms. The number of ketones is 1. The van der Waals surface area contributed by atoms with Crippen molar-refractivity contribution in [1.29, 1.82) is 0 Å². The Bertz CT molecular complexity index is 524. The van der Waals surface area contributed by atoms with Crippen LogP contribution in [-0.4, -0.2) is 10.8 Å². The fourth-order valence-corrected chi connectivity index (χ4v) is 1.88. The third-order valence-electron chi connectivity index (χ3n) is 2.88. The molecule has 1 aromatic carbocycles. The standard InChI is InChI=1S/C13H11NO/c15-13(9-5-6-9)12-8-14-7-10-3-1-2-4-11(10)12/h1-4,7-9H,5-6H2. The molecule has 0 radical (unpaired) electrons. The summed E-state index contributed by atoms with van der Waals surface area (Å²) < 4.78 is 0. The van der Waals surface area contributed by atoms with E-state index in [0.717, 1.165) is 29.2 Å². The number of aromatic nitrogens is 1. The van der Waals surface area contributed by atoms with Crippen molar-refractivity contribution in [2.24, 2.45) is 5.92 Å². The van der Waals surface area contributed by atoms with Crippen molar-refractivity contribution in [2.45, 2.75) is 12.8 Å². The van der Waals surface area contributed by atoms with Crippen LogP contribution in [0, 0.1) is 5.92 Å². The molecule has 1 heterocycles. The van der Waals surface area contributed by atoms with E-state index < -0.39 is 0 Å². The second-order valence-electron chi connectivity index (χ2n) is 4.05. The molecule has 0 saturated heterocycles. The lowest BCUT2D eigenvalue weighted by molar-refractivity contribution is 0.0969. The minimum Gasteiger partial charge on any atom is -0.294 e. The SMILES string of the molecule is O=C(c1cncc2ccccc12)C1CC1. The van der Waals surface area contributed by atoms with Gasteiger partial charge >= 0.3 is 0 Å². The lowest BCUT2D eigenvalue weighted by Gasteiger charge is -2.03. The minimum absolute atomic E-state index is 0.262. The highest BCUT2D eigenvalue weighted by molar-refractivity contribution is 6.09. The van der Waals surface area contributed by atoms with Crippen molar-refractivity contribution in [3.63, 3.8) is 0 Å². The van der Waals surface area contributed by atoms with Gasteiger partial charge in [-0.3, -0.25) is 9.78 Å². The monoisotopic (exact) mass is 197 g/mol. The van der Waals surface area contributed by atoms with E-state index in [1.165, 1.54) is 0 Å². The number of Topliss-reactive ketones (excluding diaryl/α,β-unsaturated/α-hetero) is 1. The molecule has 3 rings (SSSR count). The van der Waals surface area contributed by atoms with Gasteiger partial charge < -0.3 is 0 Å². The van der Waals surface area contributed by atoms with Gasteiger partial charge in [0.15, 0.2) is 5.78 Å². The van der Waals surface area contributed by atoms with Crippen molar-refractivity contribution in [2.75, 3.05) is 0 Å². The summed E-state index contributed by atoms with van der Waals surface area (Å²) in [4.78, 5) is 16.1. The summed E-state index contributed by atoms with van der Waals surface area (Å²) >= 11 is 0. The van der Waals surface area contributed by atoms with Crippen LogP contribution in [0.1, 0.15) is 23.2 Å². The Morgan fingerprint density at radius 1 is 1.20 bits per heavy atom. The van der Waals surface area contributed by atoms with E-state index in [1.54, 1.807) is 12.4 Å². The molecule has 15 heavy (non-hydrogen) atoms. The second-order valence-corrected chi connectivity index (χ2v) is 4.05. The number of pyridine rings is 1. The molecule has 1 aliphatic carbocycles. The van der Waals surface area contributed by atoms with Crippen molar-refractivity contribution in [3.8, 4) is 0 Å². The van der Waals surface area contributed by atoms with E-state index in [9.17, 15) is 4.79 Å². The fourth-order valence-electron chi connectivity index (χ4n) is 1.88. The lowest BCUT2D eigenvalue weighted by Crippen LogP contribution is -2.02.